The number of nitrogens with two attached hydrogens (primary N) is 1. The summed E-state index contributed by atoms with van der Waals surface area (Å²) >= 11 is 1.37. The van der Waals surface area contributed by atoms with Crippen molar-refractivity contribution in [1.29, 1.82) is 5.26 Å². The van der Waals surface area contributed by atoms with Crippen LogP contribution in [-0.2, 0) is 6.54 Å². The lowest BCUT2D eigenvalue weighted by molar-refractivity contribution is 0.0694. The van der Waals surface area contributed by atoms with Crippen molar-refractivity contribution in [3.8, 4) is 6.07 Å². The van der Waals surface area contributed by atoms with Crippen molar-refractivity contribution in [2.75, 3.05) is 11.5 Å². The second-order valence-corrected chi connectivity index (χ2v) is 4.43. The first-order valence-corrected chi connectivity index (χ1v) is 6.19. The molecule has 0 fully saturated rings. The van der Waals surface area contributed by atoms with E-state index in [2.05, 4.69) is 5.10 Å². The van der Waals surface area contributed by atoms with E-state index in [0.717, 1.165) is 12.2 Å². The number of anilines is 1. The summed E-state index contributed by atoms with van der Waals surface area (Å²) in [5.74, 6) is -0.176. The zero-order valence-electron chi connectivity index (χ0n) is 9.51. The maximum atomic E-state index is 11.1. The Morgan fingerprint density at radius 2 is 2.41 bits per heavy atom. The lowest BCUT2D eigenvalue weighted by Gasteiger charge is -1.99. The Morgan fingerprint density at radius 1 is 1.71 bits per heavy atom. The van der Waals surface area contributed by atoms with Gasteiger partial charge in [-0.05, 0) is 12.2 Å². The molecule has 1 heterocycles. The maximum Gasteiger partial charge on any atom is 0.342 e. The number of nitrogen functional groups attached to an aromatic ring is 1. The fourth-order valence-corrected chi connectivity index (χ4v) is 2.17. The van der Waals surface area contributed by atoms with Crippen LogP contribution in [0.2, 0.25) is 0 Å². The molecule has 0 bridgehead atoms. The molecule has 0 saturated heterocycles. The van der Waals surface area contributed by atoms with Crippen molar-refractivity contribution in [2.45, 2.75) is 31.3 Å². The summed E-state index contributed by atoms with van der Waals surface area (Å²) in [6.07, 6.45) is 1.18. The van der Waals surface area contributed by atoms with Gasteiger partial charge in [-0.25, -0.2) is 9.48 Å². The van der Waals surface area contributed by atoms with E-state index < -0.39 is 5.97 Å². The highest BCUT2D eigenvalue weighted by Crippen LogP contribution is 2.27. The van der Waals surface area contributed by atoms with E-state index in [9.17, 15) is 4.79 Å². The molecule has 0 atom stereocenters. The quantitative estimate of drug-likeness (QED) is 0.747. The number of nitriles is 1. The highest BCUT2D eigenvalue weighted by Gasteiger charge is 2.21. The van der Waals surface area contributed by atoms with Crippen LogP contribution in [0.15, 0.2) is 5.03 Å². The number of aromatic nitrogens is 2. The number of carboxylic acid groups (broad SMARTS) is 1. The molecule has 0 radical (unpaired) electrons. The van der Waals surface area contributed by atoms with Crippen molar-refractivity contribution in [1.82, 2.24) is 9.78 Å². The van der Waals surface area contributed by atoms with Crippen molar-refractivity contribution < 1.29 is 9.90 Å². The van der Waals surface area contributed by atoms with Gasteiger partial charge in [-0.1, -0.05) is 6.92 Å². The molecule has 0 unspecified atom stereocenters. The Balaban J connectivity index is 3.02. The van der Waals surface area contributed by atoms with Gasteiger partial charge in [0.2, 0.25) is 0 Å². The topological polar surface area (TPSA) is 105 Å². The molecular formula is C10H14N4O2S. The predicted octanol–water partition coefficient (Wildman–Crippen LogP) is 1.58. The fourth-order valence-electron chi connectivity index (χ4n) is 1.28. The van der Waals surface area contributed by atoms with Gasteiger partial charge in [-0.2, -0.15) is 10.4 Å². The molecule has 0 aliphatic carbocycles. The molecule has 3 N–H and O–H groups in total. The van der Waals surface area contributed by atoms with Crippen molar-refractivity contribution >= 4 is 23.5 Å². The second kappa shape index (κ2) is 6.15. The number of aryl methyl sites for hydroxylation is 1. The second-order valence-electron chi connectivity index (χ2n) is 3.35. The molecule has 1 aromatic rings. The number of nitrogens with zero attached hydrogens (tertiary/aromatic N) is 3. The van der Waals surface area contributed by atoms with Gasteiger partial charge in [-0.15, -0.1) is 11.8 Å². The minimum Gasteiger partial charge on any atom is -0.477 e. The lowest BCUT2D eigenvalue weighted by atomic mass is 10.3. The average molecular weight is 254 g/mol. The summed E-state index contributed by atoms with van der Waals surface area (Å²) in [6, 6.07) is 1.97. The summed E-state index contributed by atoms with van der Waals surface area (Å²) in [7, 11) is 0. The molecule has 0 aliphatic rings. The van der Waals surface area contributed by atoms with Crippen LogP contribution in [0.4, 0.5) is 5.82 Å². The largest absolute Gasteiger partial charge is 0.477 e. The van der Waals surface area contributed by atoms with Crippen molar-refractivity contribution in [3.63, 3.8) is 0 Å². The fraction of sp³-hybridized carbons (Fsp3) is 0.500. The summed E-state index contributed by atoms with van der Waals surface area (Å²) in [6.45, 7) is 2.32. The van der Waals surface area contributed by atoms with Gasteiger partial charge in [0.1, 0.15) is 16.4 Å². The molecular weight excluding hydrogens is 240 g/mol. The van der Waals surface area contributed by atoms with Gasteiger partial charge >= 0.3 is 5.97 Å². The van der Waals surface area contributed by atoms with Gasteiger partial charge in [0, 0.05) is 0 Å². The van der Waals surface area contributed by atoms with E-state index in [1.807, 2.05) is 13.0 Å². The Hall–Kier alpha value is -1.68. The van der Waals surface area contributed by atoms with Crippen LogP contribution in [0.1, 0.15) is 30.1 Å². The maximum absolute atomic E-state index is 11.1. The third-order valence-electron chi connectivity index (χ3n) is 2.05. The van der Waals surface area contributed by atoms with E-state index >= 15 is 0 Å². The highest BCUT2D eigenvalue weighted by molar-refractivity contribution is 7.99. The van der Waals surface area contributed by atoms with E-state index in [-0.39, 0.29) is 17.8 Å². The SMILES string of the molecule is CCCSc1nn(CCC#N)c(N)c1C(=O)O. The average Bonchev–Trinajstić information content (AvgIpc) is 2.60. The molecule has 1 aromatic heterocycles. The monoisotopic (exact) mass is 254 g/mol. The number of carboxylic acids is 1. The molecule has 0 amide bonds. The van der Waals surface area contributed by atoms with Gasteiger partial charge in [-0.3, -0.25) is 0 Å². The smallest absolute Gasteiger partial charge is 0.342 e. The third kappa shape index (κ3) is 3.14. The Labute approximate surface area is 103 Å². The van der Waals surface area contributed by atoms with Gasteiger partial charge in [0.15, 0.2) is 0 Å². The van der Waals surface area contributed by atoms with Crippen molar-refractivity contribution in [2.24, 2.45) is 0 Å². The van der Waals surface area contributed by atoms with Crippen LogP contribution in [0.25, 0.3) is 0 Å². The zero-order valence-corrected chi connectivity index (χ0v) is 10.3. The van der Waals surface area contributed by atoms with Crippen LogP contribution < -0.4 is 5.73 Å². The Morgan fingerprint density at radius 3 is 2.94 bits per heavy atom. The van der Waals surface area contributed by atoms with E-state index in [1.54, 1.807) is 0 Å². The van der Waals surface area contributed by atoms with Crippen LogP contribution in [-0.4, -0.2) is 26.6 Å². The van der Waals surface area contributed by atoms with Gasteiger partial charge in [0.25, 0.3) is 0 Å². The predicted molar refractivity (Wildman–Crippen MR) is 64.8 cm³/mol. The van der Waals surface area contributed by atoms with Gasteiger partial charge < -0.3 is 10.8 Å². The minimum absolute atomic E-state index is 0.0430. The molecule has 1 rings (SSSR count). The van der Waals surface area contributed by atoms with E-state index in [4.69, 9.17) is 16.1 Å². The molecule has 6 nitrogen and oxygen atoms in total. The minimum atomic E-state index is -1.08. The van der Waals surface area contributed by atoms with Crippen LogP contribution in [0.5, 0.6) is 0 Å². The number of thioether (sulfide) groups is 1. The molecule has 0 spiro atoms. The number of hydrogen-bond acceptors (Lipinski definition) is 5. The van der Waals surface area contributed by atoms with Crippen molar-refractivity contribution in [3.05, 3.63) is 5.56 Å². The number of carbonyl (C=O) groups is 1. The Kier molecular flexibility index (Phi) is 4.84. The lowest BCUT2D eigenvalue weighted by Crippen LogP contribution is -2.07. The molecule has 17 heavy (non-hydrogen) atoms. The Bertz CT molecular complexity index is 450. The first kappa shape index (κ1) is 13.4. The normalized spacial score (nSPS) is 10.1. The summed E-state index contributed by atoms with van der Waals surface area (Å²) in [4.78, 5) is 11.1. The standard InChI is InChI=1S/C10H14N4O2S/c1-2-6-17-9-7(10(15)16)8(12)14(13-9)5-3-4-11/h2-3,5-6,12H2,1H3,(H,15,16). The van der Waals surface area contributed by atoms with E-state index in [0.29, 0.717) is 11.6 Å². The zero-order chi connectivity index (χ0) is 12.8. The molecule has 0 aromatic carbocycles. The molecule has 92 valence electrons. The number of aromatic carboxylic acids is 1. The number of hydrogen-bond donors (Lipinski definition) is 2. The van der Waals surface area contributed by atoms with Crippen LogP contribution in [0.3, 0.4) is 0 Å². The van der Waals surface area contributed by atoms with Gasteiger partial charge in [0.05, 0.1) is 19.0 Å². The number of rotatable bonds is 6. The molecule has 0 aliphatic heterocycles. The van der Waals surface area contributed by atoms with E-state index in [1.165, 1.54) is 16.4 Å². The first-order valence-electron chi connectivity index (χ1n) is 5.21. The summed E-state index contributed by atoms with van der Waals surface area (Å²) < 4.78 is 1.38. The molecule has 7 heteroatoms. The van der Waals surface area contributed by atoms with Crippen LogP contribution in [0, 0.1) is 11.3 Å². The first-order chi connectivity index (χ1) is 8.11. The third-order valence-corrected chi connectivity index (χ3v) is 3.22. The highest BCUT2D eigenvalue weighted by atomic mass is 32.2. The van der Waals surface area contributed by atoms with Crippen LogP contribution >= 0.6 is 11.8 Å². The summed E-state index contributed by atoms with van der Waals surface area (Å²) in [5, 5.41) is 22.1. The summed E-state index contributed by atoms with van der Waals surface area (Å²) in [5.41, 5.74) is 5.76. The molecule has 0 saturated carbocycles.